The van der Waals surface area contributed by atoms with Gasteiger partial charge in [-0.15, -0.1) is 0 Å². The number of nitrogens with zero attached hydrogens (tertiary/aromatic N) is 2. The van der Waals surface area contributed by atoms with E-state index in [0.29, 0.717) is 0 Å². The lowest BCUT2D eigenvalue weighted by atomic mass is 10.7. The Labute approximate surface area is 61.2 Å². The first-order valence-electron chi connectivity index (χ1n) is 2.99. The summed E-state index contributed by atoms with van der Waals surface area (Å²) in [6.45, 7) is 5.11. The summed E-state index contributed by atoms with van der Waals surface area (Å²) in [6.07, 6.45) is 4.96. The predicted molar refractivity (Wildman–Crippen MR) is 42.3 cm³/mol. The minimum atomic E-state index is 1.06. The summed E-state index contributed by atoms with van der Waals surface area (Å²) < 4.78 is 1.97. The second-order valence-corrected chi connectivity index (χ2v) is 1.82. The summed E-state index contributed by atoms with van der Waals surface area (Å²) >= 11 is 0. The molecule has 0 atom stereocenters. The van der Waals surface area contributed by atoms with Gasteiger partial charge in [0.2, 0.25) is 0 Å². The molecule has 0 aliphatic rings. The third kappa shape index (κ3) is 2.91. The topological polar surface area (TPSA) is 43.8 Å². The highest BCUT2D eigenvalue weighted by molar-refractivity contribution is 4.85. The van der Waals surface area contributed by atoms with Crippen molar-refractivity contribution in [1.82, 2.24) is 9.55 Å². The first-order valence-corrected chi connectivity index (χ1v) is 2.99. The molecule has 1 heterocycles. The summed E-state index contributed by atoms with van der Waals surface area (Å²) in [4.78, 5) is 3.98. The van der Waals surface area contributed by atoms with Crippen LogP contribution in [0.5, 0.6) is 0 Å². The van der Waals surface area contributed by atoms with Crippen LogP contribution in [0.1, 0.15) is 5.82 Å². The van der Waals surface area contributed by atoms with E-state index in [0.717, 1.165) is 5.82 Å². The second kappa shape index (κ2) is 4.61. The van der Waals surface area contributed by atoms with E-state index < -0.39 is 0 Å². The Hall–Kier alpha value is -1.25. The van der Waals surface area contributed by atoms with Crippen LogP contribution in [0.15, 0.2) is 25.2 Å². The Balaban J connectivity index is 0.000000236. The van der Waals surface area contributed by atoms with E-state index in [9.17, 15) is 0 Å². The van der Waals surface area contributed by atoms with Crippen LogP contribution in [-0.4, -0.2) is 9.55 Å². The number of hydrogen-bond acceptors (Lipinski definition) is 2. The molecule has 3 nitrogen and oxygen atoms in total. The average molecular weight is 139 g/mol. The lowest BCUT2D eigenvalue weighted by molar-refractivity contribution is 0.858. The number of imidazole rings is 1. The molecule has 0 saturated heterocycles. The fraction of sp³-hybridized carbons (Fsp3) is 0.286. The van der Waals surface area contributed by atoms with E-state index >= 15 is 0 Å². The van der Waals surface area contributed by atoms with Gasteiger partial charge in [0, 0.05) is 19.4 Å². The van der Waals surface area contributed by atoms with Gasteiger partial charge in [-0.2, -0.15) is 0 Å². The number of aromatic nitrogens is 2. The quantitative estimate of drug-likeness (QED) is 0.578. The van der Waals surface area contributed by atoms with Gasteiger partial charge in [-0.05, 0) is 13.1 Å². The molecule has 0 fully saturated rings. The van der Waals surface area contributed by atoms with Gasteiger partial charge < -0.3 is 10.3 Å². The minimum Gasteiger partial charge on any atom is -0.405 e. The maximum atomic E-state index is 4.61. The smallest absolute Gasteiger partial charge is 0.105 e. The highest BCUT2D eigenvalue weighted by atomic mass is 15.0. The first-order chi connectivity index (χ1) is 4.72. The van der Waals surface area contributed by atoms with Crippen LogP contribution in [0.25, 0.3) is 0 Å². The maximum Gasteiger partial charge on any atom is 0.105 e. The van der Waals surface area contributed by atoms with Gasteiger partial charge in [0.05, 0.1) is 0 Å². The lowest BCUT2D eigenvalue weighted by Crippen LogP contribution is -1.86. The van der Waals surface area contributed by atoms with Gasteiger partial charge >= 0.3 is 0 Å². The van der Waals surface area contributed by atoms with Gasteiger partial charge in [0.15, 0.2) is 0 Å². The molecular weight excluding hydrogens is 126 g/mol. The average Bonchev–Trinajstić information content (AvgIpc) is 2.19. The molecule has 1 aromatic heterocycles. The van der Waals surface area contributed by atoms with E-state index in [-0.39, 0.29) is 0 Å². The SMILES string of the molecule is C=CN.Cc1nccn1C. The van der Waals surface area contributed by atoms with Gasteiger partial charge in [-0.25, -0.2) is 4.98 Å². The standard InChI is InChI=1S/C5H8N2.C2H5N/c1-5-6-3-4-7(5)2;1-2-3/h3-4H,1-2H3;2H,1,3H2. The van der Waals surface area contributed by atoms with Crippen LogP contribution < -0.4 is 5.73 Å². The molecule has 10 heavy (non-hydrogen) atoms. The molecule has 0 aliphatic heterocycles. The molecule has 2 N–H and O–H groups in total. The van der Waals surface area contributed by atoms with Crippen molar-refractivity contribution in [2.24, 2.45) is 12.8 Å². The van der Waals surface area contributed by atoms with Gasteiger partial charge in [0.1, 0.15) is 5.82 Å². The molecule has 0 amide bonds. The van der Waals surface area contributed by atoms with Crippen LogP contribution in [0.2, 0.25) is 0 Å². The Bertz CT molecular complexity index is 174. The lowest BCUT2D eigenvalue weighted by Gasteiger charge is -1.87. The molecule has 0 bridgehead atoms. The summed E-state index contributed by atoms with van der Waals surface area (Å²) in [5.74, 6) is 1.06. The highest BCUT2D eigenvalue weighted by Gasteiger charge is 1.83. The predicted octanol–water partition coefficient (Wildman–Crippen LogP) is 0.817. The minimum absolute atomic E-state index is 1.06. The van der Waals surface area contributed by atoms with E-state index in [1.807, 2.05) is 24.7 Å². The van der Waals surface area contributed by atoms with Crippen molar-refractivity contribution >= 4 is 0 Å². The zero-order valence-corrected chi connectivity index (χ0v) is 6.41. The Kier molecular flexibility index (Phi) is 4.04. The maximum absolute atomic E-state index is 4.61. The third-order valence-electron chi connectivity index (χ3n) is 1.06. The van der Waals surface area contributed by atoms with E-state index in [1.54, 1.807) is 6.20 Å². The molecule has 0 aliphatic carbocycles. The van der Waals surface area contributed by atoms with Crippen molar-refractivity contribution in [3.8, 4) is 0 Å². The van der Waals surface area contributed by atoms with Crippen molar-refractivity contribution in [2.75, 3.05) is 0 Å². The van der Waals surface area contributed by atoms with E-state index in [1.165, 1.54) is 6.20 Å². The Morgan fingerprint density at radius 1 is 1.80 bits per heavy atom. The van der Waals surface area contributed by atoms with Crippen LogP contribution >= 0.6 is 0 Å². The molecule has 1 rings (SSSR count). The van der Waals surface area contributed by atoms with Crippen LogP contribution in [0.4, 0.5) is 0 Å². The van der Waals surface area contributed by atoms with Gasteiger partial charge in [-0.1, -0.05) is 6.58 Å². The molecule has 0 saturated carbocycles. The monoisotopic (exact) mass is 139 g/mol. The molecule has 1 aromatic rings. The molecule has 0 radical (unpaired) electrons. The Morgan fingerprint density at radius 2 is 2.30 bits per heavy atom. The van der Waals surface area contributed by atoms with Crippen molar-refractivity contribution < 1.29 is 0 Å². The van der Waals surface area contributed by atoms with Gasteiger partial charge in [0.25, 0.3) is 0 Å². The number of nitrogens with two attached hydrogens (primary N) is 1. The first kappa shape index (κ1) is 8.75. The number of aryl methyl sites for hydroxylation is 2. The molecular formula is C7H13N3. The molecule has 3 heteroatoms. The number of hydrogen-bond donors (Lipinski definition) is 1. The van der Waals surface area contributed by atoms with Crippen molar-refractivity contribution in [2.45, 2.75) is 6.92 Å². The summed E-state index contributed by atoms with van der Waals surface area (Å²) in [5.41, 5.74) is 4.61. The fourth-order valence-electron chi connectivity index (χ4n) is 0.440. The summed E-state index contributed by atoms with van der Waals surface area (Å²) in [7, 11) is 1.97. The second-order valence-electron chi connectivity index (χ2n) is 1.82. The van der Waals surface area contributed by atoms with Crippen LogP contribution in [0.3, 0.4) is 0 Å². The summed E-state index contributed by atoms with van der Waals surface area (Å²) in [5, 5.41) is 0. The Morgan fingerprint density at radius 3 is 2.40 bits per heavy atom. The number of rotatable bonds is 0. The van der Waals surface area contributed by atoms with Crippen LogP contribution in [-0.2, 0) is 7.05 Å². The largest absolute Gasteiger partial charge is 0.405 e. The molecule has 0 aromatic carbocycles. The van der Waals surface area contributed by atoms with Crippen LogP contribution in [0, 0.1) is 6.92 Å². The molecule has 56 valence electrons. The van der Waals surface area contributed by atoms with Crippen molar-refractivity contribution in [1.29, 1.82) is 0 Å². The zero-order chi connectivity index (χ0) is 7.98. The van der Waals surface area contributed by atoms with E-state index in [2.05, 4.69) is 17.3 Å². The molecule has 0 spiro atoms. The highest BCUT2D eigenvalue weighted by Crippen LogP contribution is 1.86. The summed E-state index contributed by atoms with van der Waals surface area (Å²) in [6, 6.07) is 0. The molecule has 0 unspecified atom stereocenters. The van der Waals surface area contributed by atoms with Crippen molar-refractivity contribution in [3.05, 3.63) is 31.0 Å². The third-order valence-corrected chi connectivity index (χ3v) is 1.06. The normalized spacial score (nSPS) is 7.80. The van der Waals surface area contributed by atoms with E-state index in [4.69, 9.17) is 0 Å². The van der Waals surface area contributed by atoms with Crippen molar-refractivity contribution in [3.63, 3.8) is 0 Å². The zero-order valence-electron chi connectivity index (χ0n) is 6.41. The fourth-order valence-corrected chi connectivity index (χ4v) is 0.440. The van der Waals surface area contributed by atoms with Gasteiger partial charge in [-0.3, -0.25) is 0 Å².